The van der Waals surface area contributed by atoms with Gasteiger partial charge in [0.2, 0.25) is 0 Å². The summed E-state index contributed by atoms with van der Waals surface area (Å²) in [6, 6.07) is 18.6. The lowest BCUT2D eigenvalue weighted by atomic mass is 9.85. The maximum absolute atomic E-state index is 13.3. The monoisotopic (exact) mass is 372 g/mol. The molecule has 0 spiro atoms. The van der Waals surface area contributed by atoms with Crippen LogP contribution in [0.5, 0.6) is 0 Å². The zero-order chi connectivity index (χ0) is 19.3. The molecule has 2 bridgehead atoms. The van der Waals surface area contributed by atoms with Gasteiger partial charge in [-0.15, -0.1) is 0 Å². The summed E-state index contributed by atoms with van der Waals surface area (Å²) in [5.41, 5.74) is 3.56. The minimum Gasteiger partial charge on any atom is -0.358 e. The molecule has 1 N–H and O–H groups in total. The van der Waals surface area contributed by atoms with Crippen LogP contribution >= 0.6 is 0 Å². The van der Waals surface area contributed by atoms with E-state index in [1.807, 2.05) is 42.2 Å². The lowest BCUT2D eigenvalue weighted by molar-refractivity contribution is -0.130. The molecule has 0 radical (unpaired) electrons. The van der Waals surface area contributed by atoms with Crippen LogP contribution < -0.4 is 0 Å². The number of aromatic amines is 1. The Kier molecular flexibility index (Phi) is 4.08. The molecule has 3 atom stereocenters. The number of aromatic nitrogens is 1. The molecule has 0 aliphatic carbocycles. The second-order valence-corrected chi connectivity index (χ2v) is 8.18. The number of nitrogens with one attached hydrogen (secondary N) is 1. The number of carbonyl (C=O) groups excluding carboxylic acids is 2. The van der Waals surface area contributed by atoms with E-state index in [9.17, 15) is 9.59 Å². The van der Waals surface area contributed by atoms with Crippen molar-refractivity contribution in [3.8, 4) is 0 Å². The van der Waals surface area contributed by atoms with Gasteiger partial charge in [-0.05, 0) is 50.2 Å². The zero-order valence-electron chi connectivity index (χ0n) is 16.0. The summed E-state index contributed by atoms with van der Waals surface area (Å²) in [7, 11) is 0. The molecule has 142 valence electrons. The zero-order valence-corrected chi connectivity index (χ0v) is 16.0. The third-order valence-electron chi connectivity index (χ3n) is 6.55. The second-order valence-electron chi connectivity index (χ2n) is 8.18. The van der Waals surface area contributed by atoms with E-state index in [4.69, 9.17) is 0 Å². The van der Waals surface area contributed by atoms with Crippen LogP contribution in [0.15, 0.2) is 54.6 Å². The molecule has 0 saturated carbocycles. The van der Waals surface area contributed by atoms with Crippen LogP contribution in [-0.2, 0) is 4.79 Å². The standard InChI is InChI=1S/C24H24N2O2/c1-15-22(20-9-5-6-10-21(20)25-15)23(27)24(28)26-18-11-12-19(26)14-17(13-18)16-7-3-2-4-8-16/h2-10,17-19,25H,11-14H2,1H3/t17?,18-,19+. The number of nitrogens with zero attached hydrogens (tertiary/aromatic N) is 1. The molecule has 4 nitrogen and oxygen atoms in total. The van der Waals surface area contributed by atoms with Crippen LogP contribution in [0.4, 0.5) is 0 Å². The minimum absolute atomic E-state index is 0.172. The van der Waals surface area contributed by atoms with Crippen molar-refractivity contribution in [1.29, 1.82) is 0 Å². The van der Waals surface area contributed by atoms with Gasteiger partial charge < -0.3 is 9.88 Å². The molecule has 2 saturated heterocycles. The van der Waals surface area contributed by atoms with Gasteiger partial charge in [0.15, 0.2) is 0 Å². The van der Waals surface area contributed by atoms with Crippen molar-refractivity contribution in [2.45, 2.75) is 50.6 Å². The Morgan fingerprint density at radius 2 is 1.57 bits per heavy atom. The summed E-state index contributed by atoms with van der Waals surface area (Å²) in [6.45, 7) is 1.87. The lowest BCUT2D eigenvalue weighted by Crippen LogP contribution is -2.48. The van der Waals surface area contributed by atoms with Crippen LogP contribution in [0.25, 0.3) is 10.9 Å². The number of hydrogen-bond donors (Lipinski definition) is 1. The maximum atomic E-state index is 13.3. The van der Waals surface area contributed by atoms with E-state index in [0.29, 0.717) is 11.5 Å². The number of Topliss-reactive ketones (excluding diaryl/α,β-unsaturated/α-hetero) is 1. The maximum Gasteiger partial charge on any atom is 0.295 e. The number of benzene rings is 2. The number of amides is 1. The highest BCUT2D eigenvalue weighted by atomic mass is 16.2. The van der Waals surface area contributed by atoms with E-state index < -0.39 is 0 Å². The van der Waals surface area contributed by atoms with Crippen LogP contribution in [0, 0.1) is 6.92 Å². The summed E-state index contributed by atoms with van der Waals surface area (Å²) in [5.74, 6) is -0.218. The molecule has 4 heteroatoms. The molecule has 3 aromatic rings. The Bertz CT molecular complexity index is 1040. The Morgan fingerprint density at radius 3 is 2.29 bits per heavy atom. The van der Waals surface area contributed by atoms with Crippen LogP contribution in [0.1, 0.15) is 53.2 Å². The van der Waals surface area contributed by atoms with Crippen molar-refractivity contribution < 1.29 is 9.59 Å². The van der Waals surface area contributed by atoms with Crippen LogP contribution in [0.3, 0.4) is 0 Å². The highest BCUT2D eigenvalue weighted by Gasteiger charge is 2.45. The van der Waals surface area contributed by atoms with Gasteiger partial charge in [0.05, 0.1) is 5.56 Å². The van der Waals surface area contributed by atoms with Crippen molar-refractivity contribution in [2.75, 3.05) is 0 Å². The first-order valence-electron chi connectivity index (χ1n) is 10.1. The van der Waals surface area contributed by atoms with E-state index in [1.165, 1.54) is 5.56 Å². The SMILES string of the molecule is Cc1[nH]c2ccccc2c1C(=O)C(=O)N1[C@@H]2CC[C@H]1CC(c1ccccc1)C2. The first-order chi connectivity index (χ1) is 13.6. The minimum atomic E-state index is -0.370. The van der Waals surface area contributed by atoms with Crippen molar-refractivity contribution >= 4 is 22.6 Å². The second kappa shape index (κ2) is 6.62. The Hall–Kier alpha value is -2.88. The van der Waals surface area contributed by atoms with Crippen molar-refractivity contribution in [2.24, 2.45) is 0 Å². The van der Waals surface area contributed by atoms with Gasteiger partial charge in [0.1, 0.15) is 0 Å². The summed E-state index contributed by atoms with van der Waals surface area (Å²) >= 11 is 0. The molecule has 2 fully saturated rings. The van der Waals surface area contributed by atoms with E-state index in [2.05, 4.69) is 29.2 Å². The molecule has 28 heavy (non-hydrogen) atoms. The first kappa shape index (κ1) is 17.2. The first-order valence-corrected chi connectivity index (χ1v) is 10.1. The molecule has 2 aromatic carbocycles. The van der Waals surface area contributed by atoms with E-state index in [1.54, 1.807) is 0 Å². The van der Waals surface area contributed by atoms with E-state index in [-0.39, 0.29) is 23.8 Å². The number of para-hydroxylation sites is 1. The number of piperidine rings is 1. The predicted molar refractivity (Wildman–Crippen MR) is 109 cm³/mol. The highest BCUT2D eigenvalue weighted by Crippen LogP contribution is 2.43. The molecule has 5 rings (SSSR count). The fourth-order valence-corrected chi connectivity index (χ4v) is 5.30. The number of fused-ring (bicyclic) bond motifs is 3. The van der Waals surface area contributed by atoms with Crippen molar-refractivity contribution in [3.63, 3.8) is 0 Å². The molecular formula is C24H24N2O2. The smallest absolute Gasteiger partial charge is 0.295 e. The predicted octanol–water partition coefficient (Wildman–Crippen LogP) is 4.60. The summed E-state index contributed by atoms with van der Waals surface area (Å²) in [4.78, 5) is 31.6. The van der Waals surface area contributed by atoms with Gasteiger partial charge in [0, 0.05) is 28.7 Å². The molecule has 2 aliphatic rings. The number of H-pyrrole nitrogens is 1. The molecule has 1 aromatic heterocycles. The van der Waals surface area contributed by atoms with Crippen molar-refractivity contribution in [1.82, 2.24) is 9.88 Å². The van der Waals surface area contributed by atoms with E-state index >= 15 is 0 Å². The summed E-state index contributed by atoms with van der Waals surface area (Å²) in [6.07, 6.45) is 3.90. The highest BCUT2D eigenvalue weighted by molar-refractivity contribution is 6.45. The van der Waals surface area contributed by atoms with Gasteiger partial charge in [-0.3, -0.25) is 9.59 Å². The number of ketones is 1. The van der Waals surface area contributed by atoms with Crippen molar-refractivity contribution in [3.05, 3.63) is 71.4 Å². The normalized spacial score (nSPS) is 23.9. The van der Waals surface area contributed by atoms with Crippen LogP contribution in [0.2, 0.25) is 0 Å². The van der Waals surface area contributed by atoms with Gasteiger partial charge in [0.25, 0.3) is 11.7 Å². The quantitative estimate of drug-likeness (QED) is 0.540. The molecule has 3 heterocycles. The number of rotatable bonds is 3. The average molecular weight is 372 g/mol. The third kappa shape index (κ3) is 2.67. The number of aryl methyl sites for hydroxylation is 1. The molecule has 1 amide bonds. The summed E-state index contributed by atoms with van der Waals surface area (Å²) in [5, 5.41) is 0.838. The van der Waals surface area contributed by atoms with Gasteiger partial charge in [-0.1, -0.05) is 48.5 Å². The van der Waals surface area contributed by atoms with Gasteiger partial charge >= 0.3 is 0 Å². The van der Waals surface area contributed by atoms with Gasteiger partial charge in [-0.2, -0.15) is 0 Å². The fourth-order valence-electron chi connectivity index (χ4n) is 5.30. The molecular weight excluding hydrogens is 348 g/mol. The Morgan fingerprint density at radius 1 is 0.929 bits per heavy atom. The van der Waals surface area contributed by atoms with E-state index in [0.717, 1.165) is 42.3 Å². The molecule has 1 unspecified atom stereocenters. The van der Waals surface area contributed by atoms with Crippen LogP contribution in [-0.4, -0.2) is 33.7 Å². The fraction of sp³-hybridized carbons (Fsp3) is 0.333. The summed E-state index contributed by atoms with van der Waals surface area (Å²) < 4.78 is 0. The number of carbonyl (C=O) groups is 2. The molecule has 2 aliphatic heterocycles. The van der Waals surface area contributed by atoms with Gasteiger partial charge in [-0.25, -0.2) is 0 Å². The average Bonchev–Trinajstić information content (AvgIpc) is 3.19. The lowest BCUT2D eigenvalue weighted by Gasteiger charge is -2.38. The third-order valence-corrected chi connectivity index (χ3v) is 6.55. The topological polar surface area (TPSA) is 53.2 Å². The Labute approximate surface area is 164 Å². The number of hydrogen-bond acceptors (Lipinski definition) is 2. The Balaban J connectivity index is 1.42. The largest absolute Gasteiger partial charge is 0.358 e.